The van der Waals surface area contributed by atoms with Gasteiger partial charge in [0.05, 0.1) is 18.4 Å². The van der Waals surface area contributed by atoms with Crippen LogP contribution in [-0.2, 0) is 20.8 Å². The molecule has 1 N–H and O–H groups in total. The quantitative estimate of drug-likeness (QED) is 0.611. The number of ether oxygens (including phenoxy) is 2. The number of carbonyl (C=O) groups is 2. The summed E-state index contributed by atoms with van der Waals surface area (Å²) in [5.74, 6) is -1.89. The third kappa shape index (κ3) is 5.53. The molecule has 9 heteroatoms. The van der Waals surface area contributed by atoms with E-state index in [-0.39, 0.29) is 17.0 Å². The molecule has 0 aliphatic carbocycles. The number of benzene rings is 1. The Morgan fingerprint density at radius 1 is 1.35 bits per heavy atom. The highest BCUT2D eigenvalue weighted by Gasteiger charge is 2.22. The molecule has 0 aliphatic heterocycles. The number of methoxy groups -OCH3 is 1. The summed E-state index contributed by atoms with van der Waals surface area (Å²) in [4.78, 5) is 22.9. The van der Waals surface area contributed by atoms with E-state index in [1.54, 1.807) is 20.8 Å². The fraction of sp³-hybridized carbons (Fsp3) is 0.429. The van der Waals surface area contributed by atoms with E-state index in [0.717, 1.165) is 6.07 Å². The number of anilines is 1. The van der Waals surface area contributed by atoms with Gasteiger partial charge < -0.3 is 19.1 Å². The Balaban J connectivity index is 3.19. The second kappa shape index (κ2) is 7.42. The van der Waals surface area contributed by atoms with Crippen molar-refractivity contribution < 1.29 is 32.9 Å². The minimum absolute atomic E-state index is 0.0633. The Kier molecular flexibility index (Phi) is 6.11. The Labute approximate surface area is 136 Å². The first-order valence-corrected chi connectivity index (χ1v) is 7.58. The second-order valence-electron chi connectivity index (χ2n) is 5.53. The van der Waals surface area contributed by atoms with Crippen LogP contribution in [0.2, 0.25) is 0 Å². The summed E-state index contributed by atoms with van der Waals surface area (Å²) in [6, 6.07) is 3.69. The zero-order chi connectivity index (χ0) is 17.8. The van der Waals surface area contributed by atoms with Gasteiger partial charge in [-0.25, -0.2) is 4.79 Å². The van der Waals surface area contributed by atoms with E-state index in [4.69, 9.17) is 14.6 Å². The minimum atomic E-state index is -2.83. The molecule has 0 saturated carbocycles. The molecule has 0 fully saturated rings. The molecule has 0 radical (unpaired) electrons. The van der Waals surface area contributed by atoms with Gasteiger partial charge in [-0.15, -0.1) is 0 Å². The van der Waals surface area contributed by atoms with Crippen LogP contribution in [0.5, 0.6) is 5.75 Å². The fourth-order valence-electron chi connectivity index (χ4n) is 1.73. The monoisotopic (exact) mass is 344 g/mol. The van der Waals surface area contributed by atoms with Crippen molar-refractivity contribution in [3.63, 3.8) is 0 Å². The number of rotatable bonds is 6. The lowest BCUT2D eigenvalue weighted by molar-refractivity contribution is -0.152. The van der Waals surface area contributed by atoms with Crippen LogP contribution in [0.1, 0.15) is 31.1 Å². The highest BCUT2D eigenvalue weighted by Crippen LogP contribution is 2.30. The van der Waals surface area contributed by atoms with Crippen molar-refractivity contribution >= 4 is 28.9 Å². The van der Waals surface area contributed by atoms with Gasteiger partial charge in [-0.3, -0.25) is 13.3 Å². The fourth-order valence-corrected chi connectivity index (χ4v) is 2.24. The van der Waals surface area contributed by atoms with Crippen LogP contribution in [0.25, 0.3) is 0 Å². The first-order valence-electron chi connectivity index (χ1n) is 6.55. The number of carboxylic acid groups (broad SMARTS) is 1. The Bertz CT molecular complexity index is 624. The molecule has 0 heterocycles. The van der Waals surface area contributed by atoms with E-state index in [1.807, 2.05) is 0 Å². The molecule has 1 unspecified atom stereocenters. The zero-order valence-corrected chi connectivity index (χ0v) is 14.0. The highest BCUT2D eigenvalue weighted by molar-refractivity contribution is 7.80. The molecule has 0 aliphatic rings. The summed E-state index contributed by atoms with van der Waals surface area (Å²) in [5, 5.41) is 9.02. The third-order valence-electron chi connectivity index (χ3n) is 2.57. The summed E-state index contributed by atoms with van der Waals surface area (Å²) >= 11 is -2.83. The SMILES string of the molecule is COc1ccc(C(=O)O)cc1N(CC(=O)OC(C)(C)C)S(=O)[O-]. The molecule has 0 bridgehead atoms. The lowest BCUT2D eigenvalue weighted by Gasteiger charge is -2.28. The van der Waals surface area contributed by atoms with Gasteiger partial charge in [0.2, 0.25) is 0 Å². The van der Waals surface area contributed by atoms with Crippen molar-refractivity contribution in [2.24, 2.45) is 0 Å². The molecule has 23 heavy (non-hydrogen) atoms. The number of nitrogens with zero attached hydrogens (tertiary/aromatic N) is 1. The van der Waals surface area contributed by atoms with E-state index in [1.165, 1.54) is 19.2 Å². The highest BCUT2D eigenvalue weighted by atomic mass is 32.2. The Morgan fingerprint density at radius 2 is 1.96 bits per heavy atom. The predicted molar refractivity (Wildman–Crippen MR) is 82.1 cm³/mol. The number of carboxylic acids is 1. The number of aromatic carboxylic acids is 1. The van der Waals surface area contributed by atoms with Gasteiger partial charge in [-0.05, 0) is 39.0 Å². The van der Waals surface area contributed by atoms with Crippen LogP contribution >= 0.6 is 0 Å². The molecule has 1 aromatic carbocycles. The van der Waals surface area contributed by atoms with Gasteiger partial charge in [0.15, 0.2) is 0 Å². The molecule has 1 rings (SSSR count). The van der Waals surface area contributed by atoms with Crippen LogP contribution in [0.3, 0.4) is 0 Å². The standard InChI is InChI=1S/C14H19NO7S/c1-14(2,3)22-12(16)8-15(23(19)20)10-7-9(13(17)18)5-6-11(10)21-4/h5-7H,8H2,1-4H3,(H,17,18)(H,19,20)/p-1. The summed E-state index contributed by atoms with van der Waals surface area (Å²) in [6.07, 6.45) is 0. The van der Waals surface area contributed by atoms with E-state index in [0.29, 0.717) is 4.31 Å². The maximum atomic E-state index is 11.9. The van der Waals surface area contributed by atoms with E-state index < -0.39 is 35.4 Å². The van der Waals surface area contributed by atoms with E-state index in [9.17, 15) is 18.4 Å². The average molecular weight is 344 g/mol. The van der Waals surface area contributed by atoms with Crippen LogP contribution in [-0.4, -0.2) is 45.1 Å². The minimum Gasteiger partial charge on any atom is -0.755 e. The van der Waals surface area contributed by atoms with Crippen molar-refractivity contribution in [2.45, 2.75) is 26.4 Å². The van der Waals surface area contributed by atoms with Gasteiger partial charge in [0.25, 0.3) is 0 Å². The topological polar surface area (TPSA) is 116 Å². The van der Waals surface area contributed by atoms with Crippen LogP contribution in [0.15, 0.2) is 18.2 Å². The molecular weight excluding hydrogens is 326 g/mol. The van der Waals surface area contributed by atoms with E-state index >= 15 is 0 Å². The smallest absolute Gasteiger partial charge is 0.335 e. The molecule has 0 saturated heterocycles. The van der Waals surface area contributed by atoms with Crippen LogP contribution in [0.4, 0.5) is 5.69 Å². The van der Waals surface area contributed by atoms with Gasteiger partial charge in [0.1, 0.15) is 17.9 Å². The normalized spacial score (nSPS) is 12.4. The first-order chi connectivity index (χ1) is 10.5. The number of carbonyl (C=O) groups excluding carboxylic acids is 1. The zero-order valence-electron chi connectivity index (χ0n) is 13.2. The van der Waals surface area contributed by atoms with Crippen molar-refractivity contribution in [1.29, 1.82) is 0 Å². The lowest BCUT2D eigenvalue weighted by atomic mass is 10.2. The molecular formula is C14H18NO7S-. The maximum absolute atomic E-state index is 11.9. The van der Waals surface area contributed by atoms with Crippen molar-refractivity contribution in [2.75, 3.05) is 18.0 Å². The maximum Gasteiger partial charge on any atom is 0.335 e. The van der Waals surface area contributed by atoms with Crippen molar-refractivity contribution in [1.82, 2.24) is 0 Å². The number of hydrogen-bond donors (Lipinski definition) is 1. The van der Waals surface area contributed by atoms with Crippen LogP contribution < -0.4 is 9.04 Å². The summed E-state index contributed by atoms with van der Waals surface area (Å²) < 4.78 is 33.7. The average Bonchev–Trinajstić information content (AvgIpc) is 2.41. The molecule has 1 atom stereocenters. The van der Waals surface area contributed by atoms with Gasteiger partial charge >= 0.3 is 11.9 Å². The van der Waals surface area contributed by atoms with E-state index in [2.05, 4.69) is 0 Å². The lowest BCUT2D eigenvalue weighted by Crippen LogP contribution is -2.36. The van der Waals surface area contributed by atoms with Crippen molar-refractivity contribution in [3.05, 3.63) is 23.8 Å². The molecule has 1 aromatic rings. The summed E-state index contributed by atoms with van der Waals surface area (Å²) in [7, 11) is 1.30. The molecule has 0 spiro atoms. The second-order valence-corrected chi connectivity index (χ2v) is 6.41. The third-order valence-corrected chi connectivity index (χ3v) is 3.25. The van der Waals surface area contributed by atoms with Gasteiger partial charge in [-0.1, -0.05) is 0 Å². The summed E-state index contributed by atoms with van der Waals surface area (Å²) in [6.45, 7) is 4.34. The Hall–Kier alpha value is -2.13. The number of hydrogen-bond acceptors (Lipinski definition) is 6. The number of esters is 1. The first kappa shape index (κ1) is 18.9. The van der Waals surface area contributed by atoms with Gasteiger partial charge in [-0.2, -0.15) is 0 Å². The molecule has 0 amide bonds. The largest absolute Gasteiger partial charge is 0.755 e. The van der Waals surface area contributed by atoms with Crippen molar-refractivity contribution in [3.8, 4) is 5.75 Å². The molecule has 0 aromatic heterocycles. The Morgan fingerprint density at radius 3 is 2.39 bits per heavy atom. The summed E-state index contributed by atoms with van der Waals surface area (Å²) in [5.41, 5.74) is -0.979. The van der Waals surface area contributed by atoms with Crippen LogP contribution in [0, 0.1) is 0 Å². The predicted octanol–water partition coefficient (Wildman–Crippen LogP) is 1.34. The van der Waals surface area contributed by atoms with Gasteiger partial charge in [0, 0.05) is 11.3 Å². The molecule has 128 valence electrons. The molecule has 8 nitrogen and oxygen atoms in total.